The maximum atomic E-state index is 12.3. The zero-order chi connectivity index (χ0) is 13.2. The Labute approximate surface area is 113 Å². The van der Waals surface area contributed by atoms with Crippen LogP contribution in [0.5, 0.6) is 0 Å². The molecule has 3 rings (SSSR count). The third-order valence-corrected chi connectivity index (χ3v) is 4.09. The number of hydrogen-bond acceptors (Lipinski definition) is 3. The molecule has 4 nitrogen and oxygen atoms in total. The van der Waals surface area contributed by atoms with Gasteiger partial charge in [0.25, 0.3) is 0 Å². The van der Waals surface area contributed by atoms with Gasteiger partial charge in [-0.1, -0.05) is 24.3 Å². The SMILES string of the molecule is O=C(CN1CC[C@H](O)C1)N1CCc2ccccc2C1. The van der Waals surface area contributed by atoms with E-state index in [4.69, 9.17) is 0 Å². The molecular formula is C15H20N2O2. The van der Waals surface area contributed by atoms with Crippen LogP contribution in [0.25, 0.3) is 0 Å². The van der Waals surface area contributed by atoms with Gasteiger partial charge in [0.05, 0.1) is 12.6 Å². The minimum atomic E-state index is -0.255. The second-order valence-corrected chi connectivity index (χ2v) is 5.51. The highest BCUT2D eigenvalue weighted by molar-refractivity contribution is 5.78. The average Bonchev–Trinajstić information content (AvgIpc) is 2.83. The van der Waals surface area contributed by atoms with E-state index in [-0.39, 0.29) is 12.0 Å². The van der Waals surface area contributed by atoms with Crippen molar-refractivity contribution in [1.82, 2.24) is 9.80 Å². The number of carbonyl (C=O) groups is 1. The van der Waals surface area contributed by atoms with Crippen LogP contribution >= 0.6 is 0 Å². The molecule has 1 amide bonds. The van der Waals surface area contributed by atoms with Gasteiger partial charge in [0.1, 0.15) is 0 Å². The first kappa shape index (κ1) is 12.6. The quantitative estimate of drug-likeness (QED) is 0.848. The summed E-state index contributed by atoms with van der Waals surface area (Å²) >= 11 is 0. The van der Waals surface area contributed by atoms with Gasteiger partial charge in [0.2, 0.25) is 5.91 Å². The molecular weight excluding hydrogens is 240 g/mol. The molecule has 1 fully saturated rings. The Morgan fingerprint density at radius 2 is 2.05 bits per heavy atom. The van der Waals surface area contributed by atoms with E-state index in [0.717, 1.165) is 32.5 Å². The lowest BCUT2D eigenvalue weighted by Crippen LogP contribution is -2.42. The number of benzene rings is 1. The maximum Gasteiger partial charge on any atom is 0.237 e. The first-order valence-electron chi connectivity index (χ1n) is 6.97. The predicted molar refractivity (Wildman–Crippen MR) is 72.6 cm³/mol. The molecule has 0 aromatic heterocycles. The monoisotopic (exact) mass is 260 g/mol. The van der Waals surface area contributed by atoms with Crippen LogP contribution in [-0.4, -0.2) is 53.1 Å². The largest absolute Gasteiger partial charge is 0.392 e. The molecule has 2 heterocycles. The van der Waals surface area contributed by atoms with Crippen LogP contribution in [0.1, 0.15) is 17.5 Å². The zero-order valence-corrected chi connectivity index (χ0v) is 11.1. The molecule has 19 heavy (non-hydrogen) atoms. The summed E-state index contributed by atoms with van der Waals surface area (Å²) in [6.07, 6.45) is 1.48. The topological polar surface area (TPSA) is 43.8 Å². The minimum absolute atomic E-state index is 0.184. The highest BCUT2D eigenvalue weighted by Crippen LogP contribution is 2.19. The van der Waals surface area contributed by atoms with Gasteiger partial charge in [0.15, 0.2) is 0 Å². The van der Waals surface area contributed by atoms with Crippen molar-refractivity contribution >= 4 is 5.91 Å². The Balaban J connectivity index is 1.60. The molecule has 1 atom stereocenters. The zero-order valence-electron chi connectivity index (χ0n) is 11.1. The number of amides is 1. The summed E-state index contributed by atoms with van der Waals surface area (Å²) in [5.41, 5.74) is 2.63. The number of aliphatic hydroxyl groups excluding tert-OH is 1. The van der Waals surface area contributed by atoms with Crippen molar-refractivity contribution in [2.24, 2.45) is 0 Å². The van der Waals surface area contributed by atoms with E-state index >= 15 is 0 Å². The molecule has 1 aromatic rings. The van der Waals surface area contributed by atoms with Crippen molar-refractivity contribution in [3.05, 3.63) is 35.4 Å². The molecule has 2 aliphatic rings. The Morgan fingerprint density at radius 3 is 2.79 bits per heavy atom. The van der Waals surface area contributed by atoms with Crippen molar-refractivity contribution < 1.29 is 9.90 Å². The lowest BCUT2D eigenvalue weighted by Gasteiger charge is -2.30. The van der Waals surface area contributed by atoms with E-state index in [1.165, 1.54) is 11.1 Å². The third-order valence-electron chi connectivity index (χ3n) is 4.09. The predicted octanol–water partition coefficient (Wildman–Crippen LogP) is 0.638. The number of β-amino-alcohol motifs (C(OH)–C–C–N with tert-alkyl or cyclic N) is 1. The van der Waals surface area contributed by atoms with Gasteiger partial charge < -0.3 is 10.0 Å². The smallest absolute Gasteiger partial charge is 0.237 e. The second kappa shape index (κ2) is 5.31. The molecule has 0 spiro atoms. The number of aliphatic hydroxyl groups is 1. The maximum absolute atomic E-state index is 12.3. The van der Waals surface area contributed by atoms with E-state index in [2.05, 4.69) is 18.2 Å². The van der Waals surface area contributed by atoms with E-state index in [1.807, 2.05) is 15.9 Å². The van der Waals surface area contributed by atoms with E-state index < -0.39 is 0 Å². The summed E-state index contributed by atoms with van der Waals surface area (Å²) in [5.74, 6) is 0.184. The molecule has 2 aliphatic heterocycles. The van der Waals surface area contributed by atoms with Crippen molar-refractivity contribution in [1.29, 1.82) is 0 Å². The van der Waals surface area contributed by atoms with Crippen LogP contribution in [0.2, 0.25) is 0 Å². The molecule has 0 aliphatic carbocycles. The number of rotatable bonds is 2. The third kappa shape index (κ3) is 2.80. The Bertz CT molecular complexity index is 475. The lowest BCUT2D eigenvalue weighted by atomic mass is 10.00. The highest BCUT2D eigenvalue weighted by atomic mass is 16.3. The number of fused-ring (bicyclic) bond motifs is 1. The number of likely N-dealkylation sites (tertiary alicyclic amines) is 1. The fourth-order valence-corrected chi connectivity index (χ4v) is 2.96. The van der Waals surface area contributed by atoms with Crippen molar-refractivity contribution in [3.8, 4) is 0 Å². The number of hydrogen-bond donors (Lipinski definition) is 1. The Morgan fingerprint density at radius 1 is 1.26 bits per heavy atom. The standard InChI is InChI=1S/C15H20N2O2/c18-14-6-7-16(10-14)11-15(19)17-8-5-12-3-1-2-4-13(12)9-17/h1-4,14,18H,5-11H2/t14-/m0/s1. The Kier molecular flexibility index (Phi) is 3.53. The minimum Gasteiger partial charge on any atom is -0.392 e. The second-order valence-electron chi connectivity index (χ2n) is 5.51. The Hall–Kier alpha value is -1.39. The molecule has 0 radical (unpaired) electrons. The van der Waals surface area contributed by atoms with Gasteiger partial charge >= 0.3 is 0 Å². The molecule has 1 aromatic carbocycles. The normalized spacial score (nSPS) is 23.4. The molecule has 0 bridgehead atoms. The lowest BCUT2D eigenvalue weighted by molar-refractivity contribution is -0.133. The molecule has 1 N–H and O–H groups in total. The molecule has 102 valence electrons. The van der Waals surface area contributed by atoms with Gasteiger partial charge in [0, 0.05) is 26.2 Å². The highest BCUT2D eigenvalue weighted by Gasteiger charge is 2.26. The summed E-state index contributed by atoms with van der Waals surface area (Å²) in [4.78, 5) is 16.3. The fraction of sp³-hybridized carbons (Fsp3) is 0.533. The van der Waals surface area contributed by atoms with Gasteiger partial charge in [-0.2, -0.15) is 0 Å². The van der Waals surface area contributed by atoms with Crippen molar-refractivity contribution in [3.63, 3.8) is 0 Å². The summed E-state index contributed by atoms with van der Waals surface area (Å²) < 4.78 is 0. The number of carbonyl (C=O) groups excluding carboxylic acids is 1. The molecule has 0 unspecified atom stereocenters. The van der Waals surface area contributed by atoms with E-state index in [0.29, 0.717) is 13.1 Å². The van der Waals surface area contributed by atoms with Gasteiger partial charge in [-0.05, 0) is 24.0 Å². The van der Waals surface area contributed by atoms with Crippen molar-refractivity contribution in [2.75, 3.05) is 26.2 Å². The van der Waals surface area contributed by atoms with Crippen LogP contribution in [0, 0.1) is 0 Å². The number of nitrogens with zero attached hydrogens (tertiary/aromatic N) is 2. The van der Waals surface area contributed by atoms with Gasteiger partial charge in [-0.25, -0.2) is 0 Å². The average molecular weight is 260 g/mol. The van der Waals surface area contributed by atoms with Gasteiger partial charge in [-0.15, -0.1) is 0 Å². The van der Waals surface area contributed by atoms with E-state index in [9.17, 15) is 9.90 Å². The van der Waals surface area contributed by atoms with Gasteiger partial charge in [-0.3, -0.25) is 9.69 Å². The first-order chi connectivity index (χ1) is 9.22. The fourth-order valence-electron chi connectivity index (χ4n) is 2.96. The summed E-state index contributed by atoms with van der Waals surface area (Å²) in [5, 5.41) is 9.49. The van der Waals surface area contributed by atoms with Crippen LogP contribution in [0.3, 0.4) is 0 Å². The van der Waals surface area contributed by atoms with E-state index in [1.54, 1.807) is 0 Å². The van der Waals surface area contributed by atoms with Crippen LogP contribution < -0.4 is 0 Å². The van der Waals surface area contributed by atoms with Crippen LogP contribution in [0.4, 0.5) is 0 Å². The van der Waals surface area contributed by atoms with Crippen LogP contribution in [-0.2, 0) is 17.8 Å². The molecule has 1 saturated heterocycles. The van der Waals surface area contributed by atoms with Crippen LogP contribution in [0.15, 0.2) is 24.3 Å². The summed E-state index contributed by atoms with van der Waals surface area (Å²) in [6.45, 7) is 3.45. The molecule has 0 saturated carbocycles. The van der Waals surface area contributed by atoms with Crippen molar-refractivity contribution in [2.45, 2.75) is 25.5 Å². The summed E-state index contributed by atoms with van der Waals surface area (Å²) in [7, 11) is 0. The molecule has 4 heteroatoms. The first-order valence-corrected chi connectivity index (χ1v) is 6.97. The summed E-state index contributed by atoms with van der Waals surface area (Å²) in [6, 6.07) is 8.34.